The molecule has 0 aliphatic heterocycles. The number of alkyl carbamates (subject to hydrolysis) is 1. The Labute approximate surface area is 68.8 Å². The third-order valence-electron chi connectivity index (χ3n) is 0.945. The van der Waals surface area contributed by atoms with E-state index in [2.05, 4.69) is 14.8 Å². The smallest absolute Gasteiger partial charge is 0.406 e. The Morgan fingerprint density at radius 3 is 2.75 bits per heavy atom. The SMILES string of the molecule is COC(=O)NCCOCC(F)F. The molecule has 0 fully saturated rings. The molecule has 12 heavy (non-hydrogen) atoms. The number of carbonyl (C=O) groups excluding carboxylic acids is 1. The van der Waals surface area contributed by atoms with E-state index in [9.17, 15) is 13.6 Å². The van der Waals surface area contributed by atoms with Gasteiger partial charge in [-0.1, -0.05) is 0 Å². The van der Waals surface area contributed by atoms with E-state index in [4.69, 9.17) is 0 Å². The van der Waals surface area contributed by atoms with Gasteiger partial charge in [-0.2, -0.15) is 0 Å². The largest absolute Gasteiger partial charge is 0.453 e. The van der Waals surface area contributed by atoms with Crippen molar-refractivity contribution >= 4 is 6.09 Å². The van der Waals surface area contributed by atoms with E-state index in [1.807, 2.05) is 0 Å². The normalized spacial score (nSPS) is 10.0. The highest BCUT2D eigenvalue weighted by molar-refractivity contribution is 5.66. The maximum Gasteiger partial charge on any atom is 0.406 e. The van der Waals surface area contributed by atoms with Crippen LogP contribution in [0.5, 0.6) is 0 Å². The quantitative estimate of drug-likeness (QED) is 0.636. The minimum absolute atomic E-state index is 0.0550. The van der Waals surface area contributed by atoms with Gasteiger partial charge >= 0.3 is 6.09 Å². The van der Waals surface area contributed by atoms with Gasteiger partial charge in [-0.15, -0.1) is 0 Å². The molecule has 0 aliphatic carbocycles. The maximum atomic E-state index is 11.4. The minimum atomic E-state index is -2.47. The van der Waals surface area contributed by atoms with Gasteiger partial charge in [0, 0.05) is 6.54 Å². The second-order valence-corrected chi connectivity index (χ2v) is 1.88. The van der Waals surface area contributed by atoms with Gasteiger partial charge in [-0.3, -0.25) is 0 Å². The minimum Gasteiger partial charge on any atom is -0.453 e. The van der Waals surface area contributed by atoms with Crippen molar-refractivity contribution < 1.29 is 23.0 Å². The van der Waals surface area contributed by atoms with Crippen LogP contribution >= 0.6 is 0 Å². The summed E-state index contributed by atoms with van der Waals surface area (Å²) in [5, 5.41) is 2.28. The number of ether oxygens (including phenoxy) is 2. The van der Waals surface area contributed by atoms with Crippen LogP contribution in [0.25, 0.3) is 0 Å². The van der Waals surface area contributed by atoms with Crippen LogP contribution in [-0.2, 0) is 9.47 Å². The summed E-state index contributed by atoms with van der Waals surface area (Å²) in [6.45, 7) is -0.387. The Morgan fingerprint density at radius 2 is 2.25 bits per heavy atom. The molecule has 0 bridgehead atoms. The lowest BCUT2D eigenvalue weighted by Crippen LogP contribution is -2.27. The Morgan fingerprint density at radius 1 is 1.58 bits per heavy atom. The van der Waals surface area contributed by atoms with Gasteiger partial charge in [0.2, 0.25) is 0 Å². The molecule has 0 spiro atoms. The topological polar surface area (TPSA) is 47.6 Å². The van der Waals surface area contributed by atoms with E-state index in [0.717, 1.165) is 0 Å². The first-order chi connectivity index (χ1) is 5.66. The standard InChI is InChI=1S/C6H11F2NO3/c1-11-6(10)9-2-3-12-4-5(7)8/h5H,2-4H2,1H3,(H,9,10). The van der Waals surface area contributed by atoms with E-state index in [0.29, 0.717) is 0 Å². The number of carbonyl (C=O) groups is 1. The summed E-state index contributed by atoms with van der Waals surface area (Å²) in [4.78, 5) is 10.4. The van der Waals surface area contributed by atoms with E-state index in [1.165, 1.54) is 7.11 Å². The molecule has 0 aromatic rings. The van der Waals surface area contributed by atoms with Crippen LogP contribution in [0.15, 0.2) is 0 Å². The van der Waals surface area contributed by atoms with Crippen molar-refractivity contribution in [2.75, 3.05) is 26.9 Å². The molecular weight excluding hydrogens is 172 g/mol. The second kappa shape index (κ2) is 6.78. The average molecular weight is 183 g/mol. The molecule has 72 valence electrons. The molecule has 1 N–H and O–H groups in total. The van der Waals surface area contributed by atoms with E-state index >= 15 is 0 Å². The van der Waals surface area contributed by atoms with Crippen LogP contribution in [0.4, 0.5) is 13.6 Å². The predicted molar refractivity (Wildman–Crippen MR) is 37.2 cm³/mol. The number of hydrogen-bond donors (Lipinski definition) is 1. The second-order valence-electron chi connectivity index (χ2n) is 1.88. The van der Waals surface area contributed by atoms with Gasteiger partial charge in [-0.25, -0.2) is 13.6 Å². The van der Waals surface area contributed by atoms with Crippen LogP contribution < -0.4 is 5.32 Å². The molecule has 0 radical (unpaired) electrons. The van der Waals surface area contributed by atoms with Crippen molar-refractivity contribution in [2.24, 2.45) is 0 Å². The number of alkyl halides is 2. The first-order valence-electron chi connectivity index (χ1n) is 3.34. The zero-order chi connectivity index (χ0) is 9.40. The van der Waals surface area contributed by atoms with E-state index < -0.39 is 19.1 Å². The van der Waals surface area contributed by atoms with Gasteiger partial charge in [0.15, 0.2) is 0 Å². The summed E-state index contributed by atoms with van der Waals surface area (Å²) < 4.78 is 31.6. The summed E-state index contributed by atoms with van der Waals surface area (Å²) >= 11 is 0. The lowest BCUT2D eigenvalue weighted by Gasteiger charge is -2.04. The fourth-order valence-corrected chi connectivity index (χ4v) is 0.470. The van der Waals surface area contributed by atoms with Gasteiger partial charge in [0.1, 0.15) is 6.61 Å². The van der Waals surface area contributed by atoms with Crippen LogP contribution in [0.3, 0.4) is 0 Å². The van der Waals surface area contributed by atoms with Crippen molar-refractivity contribution in [3.63, 3.8) is 0 Å². The summed E-state index contributed by atoms with van der Waals surface area (Å²) in [5.41, 5.74) is 0. The van der Waals surface area contributed by atoms with E-state index in [-0.39, 0.29) is 13.2 Å². The lowest BCUT2D eigenvalue weighted by molar-refractivity contribution is 0.0188. The molecule has 0 aromatic heterocycles. The molecule has 1 amide bonds. The van der Waals surface area contributed by atoms with Crippen LogP contribution in [0.2, 0.25) is 0 Å². The summed E-state index contributed by atoms with van der Waals surface area (Å²) in [7, 11) is 1.22. The van der Waals surface area contributed by atoms with Crippen molar-refractivity contribution in [3.05, 3.63) is 0 Å². The number of nitrogens with one attached hydrogen (secondary N) is 1. The molecule has 6 heteroatoms. The van der Waals surface area contributed by atoms with Gasteiger partial charge < -0.3 is 14.8 Å². The number of halogens is 2. The van der Waals surface area contributed by atoms with E-state index in [1.54, 1.807) is 0 Å². The van der Waals surface area contributed by atoms with Crippen LogP contribution in [0.1, 0.15) is 0 Å². The van der Waals surface area contributed by atoms with Crippen molar-refractivity contribution in [3.8, 4) is 0 Å². The summed E-state index contributed by atoms with van der Waals surface area (Å²) in [6.07, 6.45) is -3.07. The Balaban J connectivity index is 3.05. The molecule has 4 nitrogen and oxygen atoms in total. The number of amides is 1. The van der Waals surface area contributed by atoms with Gasteiger partial charge in [0.05, 0.1) is 13.7 Å². The van der Waals surface area contributed by atoms with Gasteiger partial charge in [0.25, 0.3) is 6.43 Å². The molecule has 0 atom stereocenters. The molecule has 0 rings (SSSR count). The zero-order valence-electron chi connectivity index (χ0n) is 6.68. The Hall–Kier alpha value is -0.910. The number of rotatable bonds is 5. The highest BCUT2D eigenvalue weighted by Gasteiger charge is 2.01. The lowest BCUT2D eigenvalue weighted by atomic mass is 10.6. The molecular formula is C6H11F2NO3. The molecule has 0 aliphatic rings. The van der Waals surface area contributed by atoms with Crippen molar-refractivity contribution in [1.82, 2.24) is 5.32 Å². The predicted octanol–water partition coefficient (Wildman–Crippen LogP) is 0.624. The molecule has 0 aromatic carbocycles. The Bertz CT molecular complexity index is 132. The molecule has 0 heterocycles. The van der Waals surface area contributed by atoms with Crippen LogP contribution in [-0.4, -0.2) is 39.4 Å². The molecule has 0 unspecified atom stereocenters. The Kier molecular flexibility index (Phi) is 6.26. The highest BCUT2D eigenvalue weighted by atomic mass is 19.3. The monoisotopic (exact) mass is 183 g/mol. The zero-order valence-corrected chi connectivity index (χ0v) is 6.68. The summed E-state index contributed by atoms with van der Waals surface area (Å²) in [6, 6.07) is 0. The first-order valence-corrected chi connectivity index (χ1v) is 3.34. The third-order valence-corrected chi connectivity index (χ3v) is 0.945. The maximum absolute atomic E-state index is 11.4. The summed E-state index contributed by atoms with van der Waals surface area (Å²) in [5.74, 6) is 0. The fraction of sp³-hybridized carbons (Fsp3) is 0.833. The first kappa shape index (κ1) is 11.1. The van der Waals surface area contributed by atoms with Gasteiger partial charge in [-0.05, 0) is 0 Å². The molecule has 0 saturated heterocycles. The van der Waals surface area contributed by atoms with Crippen LogP contribution in [0, 0.1) is 0 Å². The number of hydrogen-bond acceptors (Lipinski definition) is 3. The number of methoxy groups -OCH3 is 1. The fourth-order valence-electron chi connectivity index (χ4n) is 0.470. The van der Waals surface area contributed by atoms with Crippen molar-refractivity contribution in [2.45, 2.75) is 6.43 Å². The highest BCUT2D eigenvalue weighted by Crippen LogP contribution is 1.91. The molecule has 0 saturated carbocycles. The van der Waals surface area contributed by atoms with Crippen molar-refractivity contribution in [1.29, 1.82) is 0 Å². The third kappa shape index (κ3) is 7.20. The average Bonchev–Trinajstić information content (AvgIpc) is 2.03.